The highest BCUT2D eigenvalue weighted by Gasteiger charge is 2.21. The van der Waals surface area contributed by atoms with Crippen molar-refractivity contribution in [3.05, 3.63) is 77.1 Å². The van der Waals surface area contributed by atoms with Gasteiger partial charge in [-0.25, -0.2) is 4.79 Å². The number of carbonyl (C=O) groups is 1. The van der Waals surface area contributed by atoms with Gasteiger partial charge in [0.05, 0.1) is 24.3 Å². The second-order valence-electron chi connectivity index (χ2n) is 7.31. The highest BCUT2D eigenvalue weighted by molar-refractivity contribution is 6.33. The van der Waals surface area contributed by atoms with Crippen LogP contribution in [0.15, 0.2) is 60.9 Å². The number of anilines is 2. The molecule has 7 nitrogen and oxygen atoms in total. The minimum atomic E-state index is -1.09. The topological polar surface area (TPSA) is 81.1 Å². The van der Waals surface area contributed by atoms with Crippen LogP contribution < -0.4 is 14.4 Å². The van der Waals surface area contributed by atoms with E-state index in [1.165, 1.54) is 0 Å². The van der Waals surface area contributed by atoms with Gasteiger partial charge in [-0.2, -0.15) is 0 Å². The maximum absolute atomic E-state index is 11.7. The quantitative estimate of drug-likeness (QED) is 0.494. The first kappa shape index (κ1) is 21.9. The Morgan fingerprint density at radius 1 is 1.22 bits per heavy atom. The van der Waals surface area contributed by atoms with E-state index < -0.39 is 5.97 Å². The number of aromatic nitrogens is 1. The Balaban J connectivity index is 1.76. The fraction of sp³-hybridized carbons (Fsp3) is 0.250. The number of aromatic carboxylic acids is 1. The minimum Gasteiger partial charge on any atom is -0.493 e. The summed E-state index contributed by atoms with van der Waals surface area (Å²) < 4.78 is 17.1. The van der Waals surface area contributed by atoms with E-state index in [9.17, 15) is 9.90 Å². The van der Waals surface area contributed by atoms with Crippen LogP contribution in [0, 0.1) is 0 Å². The molecule has 1 atom stereocenters. The summed E-state index contributed by atoms with van der Waals surface area (Å²) in [5.74, 6) is 0.0590. The van der Waals surface area contributed by atoms with Gasteiger partial charge in [0.2, 0.25) is 0 Å². The predicted molar refractivity (Wildman–Crippen MR) is 121 cm³/mol. The van der Waals surface area contributed by atoms with Crippen molar-refractivity contribution in [2.45, 2.75) is 25.7 Å². The van der Waals surface area contributed by atoms with Crippen LogP contribution in [-0.4, -0.2) is 36.1 Å². The minimum absolute atomic E-state index is 0.0321. The Kier molecular flexibility index (Phi) is 6.78. The van der Waals surface area contributed by atoms with Crippen LogP contribution in [-0.2, 0) is 11.3 Å². The Morgan fingerprint density at radius 3 is 2.72 bits per heavy atom. The third-order valence-corrected chi connectivity index (χ3v) is 5.49. The lowest BCUT2D eigenvalue weighted by Crippen LogP contribution is -2.18. The van der Waals surface area contributed by atoms with Gasteiger partial charge in [0.25, 0.3) is 0 Å². The summed E-state index contributed by atoms with van der Waals surface area (Å²) in [6.07, 6.45) is 4.92. The van der Waals surface area contributed by atoms with Crippen LogP contribution in [0.3, 0.4) is 0 Å². The fourth-order valence-corrected chi connectivity index (χ4v) is 3.76. The van der Waals surface area contributed by atoms with Crippen LogP contribution in [0.1, 0.15) is 28.8 Å². The monoisotopic (exact) mass is 454 g/mol. The molecular weight excluding hydrogens is 432 g/mol. The van der Waals surface area contributed by atoms with E-state index in [2.05, 4.69) is 4.98 Å². The van der Waals surface area contributed by atoms with Crippen LogP contribution >= 0.6 is 11.6 Å². The van der Waals surface area contributed by atoms with Crippen molar-refractivity contribution in [3.63, 3.8) is 0 Å². The molecule has 0 saturated carbocycles. The number of benzene rings is 2. The van der Waals surface area contributed by atoms with Gasteiger partial charge in [-0.1, -0.05) is 17.7 Å². The van der Waals surface area contributed by atoms with Crippen molar-refractivity contribution in [1.29, 1.82) is 0 Å². The Bertz CT molecular complexity index is 1090. The molecule has 2 aromatic carbocycles. The van der Waals surface area contributed by atoms with Crippen molar-refractivity contribution in [2.24, 2.45) is 0 Å². The van der Waals surface area contributed by atoms with E-state index in [0.29, 0.717) is 30.3 Å². The van der Waals surface area contributed by atoms with Crippen LogP contribution in [0.2, 0.25) is 5.02 Å². The van der Waals surface area contributed by atoms with Gasteiger partial charge in [-0.3, -0.25) is 4.98 Å². The molecular formula is C24H23ClN2O5. The molecule has 1 aliphatic rings. The van der Waals surface area contributed by atoms with Crippen molar-refractivity contribution >= 4 is 28.9 Å². The SMILES string of the molecule is COc1ccc(N(Cc2cccnc2)c2ccc(Cl)c(C(=O)O)c2)cc1OC1CCCO1. The summed E-state index contributed by atoms with van der Waals surface area (Å²) in [6.45, 7) is 1.13. The molecule has 1 aromatic heterocycles. The van der Waals surface area contributed by atoms with Crippen molar-refractivity contribution in [3.8, 4) is 11.5 Å². The number of rotatable bonds is 8. The smallest absolute Gasteiger partial charge is 0.337 e. The number of halogens is 1. The van der Waals surface area contributed by atoms with E-state index in [1.54, 1.807) is 37.7 Å². The molecule has 4 rings (SSSR count). The third kappa shape index (κ3) is 4.95. The lowest BCUT2D eigenvalue weighted by Gasteiger charge is -2.27. The maximum atomic E-state index is 11.7. The Hall–Kier alpha value is -3.29. The van der Waals surface area contributed by atoms with Gasteiger partial charge in [0.1, 0.15) is 0 Å². The van der Waals surface area contributed by atoms with Gasteiger partial charge in [0.15, 0.2) is 17.8 Å². The van der Waals surface area contributed by atoms with Gasteiger partial charge in [-0.05, 0) is 48.4 Å². The molecule has 0 bridgehead atoms. The molecule has 0 aliphatic carbocycles. The summed E-state index contributed by atoms with van der Waals surface area (Å²) in [4.78, 5) is 17.8. The zero-order valence-corrected chi connectivity index (χ0v) is 18.3. The van der Waals surface area contributed by atoms with E-state index in [0.717, 1.165) is 24.1 Å². The second-order valence-corrected chi connectivity index (χ2v) is 7.72. The maximum Gasteiger partial charge on any atom is 0.337 e. The molecule has 0 amide bonds. The lowest BCUT2D eigenvalue weighted by molar-refractivity contribution is -0.0402. The summed E-state index contributed by atoms with van der Waals surface area (Å²) in [6, 6.07) is 14.3. The number of pyridine rings is 1. The van der Waals surface area contributed by atoms with E-state index >= 15 is 0 Å². The second kappa shape index (κ2) is 9.89. The molecule has 1 fully saturated rings. The molecule has 1 unspecified atom stereocenters. The first-order valence-electron chi connectivity index (χ1n) is 10.2. The summed E-state index contributed by atoms with van der Waals surface area (Å²) >= 11 is 6.10. The number of ether oxygens (including phenoxy) is 3. The fourth-order valence-electron chi connectivity index (χ4n) is 3.56. The normalized spacial score (nSPS) is 15.4. The standard InChI is InChI=1S/C24H23ClN2O5/c1-30-21-9-7-18(13-22(21)32-23-5-3-11-31-23)27(15-16-4-2-10-26-14-16)17-6-8-20(25)19(12-17)24(28)29/h2,4,6-10,12-14,23H,3,5,11,15H2,1H3,(H,28,29). The molecule has 32 heavy (non-hydrogen) atoms. The van der Waals surface area contributed by atoms with Crippen molar-refractivity contribution in [1.82, 2.24) is 4.98 Å². The summed E-state index contributed by atoms with van der Waals surface area (Å²) in [5.41, 5.74) is 2.45. The summed E-state index contributed by atoms with van der Waals surface area (Å²) in [5, 5.41) is 9.72. The molecule has 166 valence electrons. The zero-order chi connectivity index (χ0) is 22.5. The first-order chi connectivity index (χ1) is 15.5. The largest absolute Gasteiger partial charge is 0.493 e. The number of carboxylic acids is 1. The highest BCUT2D eigenvalue weighted by atomic mass is 35.5. The third-order valence-electron chi connectivity index (χ3n) is 5.16. The molecule has 0 radical (unpaired) electrons. The number of hydrogen-bond acceptors (Lipinski definition) is 6. The molecule has 0 spiro atoms. The average molecular weight is 455 g/mol. The van der Waals surface area contributed by atoms with Crippen LogP contribution in [0.25, 0.3) is 0 Å². The van der Waals surface area contributed by atoms with Crippen molar-refractivity contribution < 1.29 is 24.1 Å². The predicted octanol–water partition coefficient (Wildman–Crippen LogP) is 5.30. The molecule has 1 aliphatic heterocycles. The van der Waals surface area contributed by atoms with E-state index in [4.69, 9.17) is 25.8 Å². The molecule has 2 heterocycles. The molecule has 1 saturated heterocycles. The van der Waals surface area contributed by atoms with Crippen molar-refractivity contribution in [2.75, 3.05) is 18.6 Å². The van der Waals surface area contributed by atoms with Gasteiger partial charge in [0, 0.05) is 42.8 Å². The Labute approximate surface area is 191 Å². The number of nitrogens with zero attached hydrogens (tertiary/aromatic N) is 2. The number of methoxy groups -OCH3 is 1. The molecule has 3 aromatic rings. The summed E-state index contributed by atoms with van der Waals surface area (Å²) in [7, 11) is 1.59. The molecule has 1 N–H and O–H groups in total. The first-order valence-corrected chi connectivity index (χ1v) is 10.6. The lowest BCUT2D eigenvalue weighted by atomic mass is 10.1. The van der Waals surface area contributed by atoms with Crippen LogP contribution in [0.5, 0.6) is 11.5 Å². The van der Waals surface area contributed by atoms with E-state index in [-0.39, 0.29) is 16.9 Å². The average Bonchev–Trinajstić information content (AvgIpc) is 3.31. The van der Waals surface area contributed by atoms with Crippen LogP contribution in [0.4, 0.5) is 11.4 Å². The van der Waals surface area contributed by atoms with E-state index in [1.807, 2.05) is 35.2 Å². The van der Waals surface area contributed by atoms with Gasteiger partial charge < -0.3 is 24.2 Å². The van der Waals surface area contributed by atoms with Gasteiger partial charge in [-0.15, -0.1) is 0 Å². The number of hydrogen-bond donors (Lipinski definition) is 1. The molecule has 8 heteroatoms. The highest BCUT2D eigenvalue weighted by Crippen LogP contribution is 2.38. The van der Waals surface area contributed by atoms with Gasteiger partial charge >= 0.3 is 5.97 Å². The zero-order valence-electron chi connectivity index (χ0n) is 17.5. The number of carboxylic acid groups (broad SMARTS) is 1. The Morgan fingerprint density at radius 2 is 2.03 bits per heavy atom.